The third kappa shape index (κ3) is 8.22. The van der Waals surface area contributed by atoms with E-state index in [2.05, 4.69) is 107 Å². The lowest BCUT2D eigenvalue weighted by atomic mass is 9.88. The first-order valence-corrected chi connectivity index (χ1v) is 15.8. The Hall–Kier alpha value is -5.34. The van der Waals surface area contributed by atoms with Crippen molar-refractivity contribution in [3.63, 3.8) is 0 Å². The molecule has 0 atom stereocenters. The molecule has 0 aliphatic carbocycles. The van der Waals surface area contributed by atoms with Gasteiger partial charge in [0.2, 0.25) is 0 Å². The number of nitrogens with zero attached hydrogens (tertiary/aromatic N) is 1. The largest absolute Gasteiger partial charge is 0.282 e. The molecule has 0 unspecified atom stereocenters. The van der Waals surface area contributed by atoms with Crippen molar-refractivity contribution in [2.45, 2.75) is 41.0 Å². The third-order valence-corrected chi connectivity index (χ3v) is 8.28. The Balaban J connectivity index is 1.70. The van der Waals surface area contributed by atoms with E-state index in [0.29, 0.717) is 0 Å². The minimum atomic E-state index is 0.224. The molecule has 4 aromatic carbocycles. The Morgan fingerprint density at radius 3 is 1.96 bits per heavy atom. The predicted octanol–water partition coefficient (Wildman–Crippen LogP) is 11.9. The summed E-state index contributed by atoms with van der Waals surface area (Å²) in [5.41, 5.74) is 13.9. The molecule has 46 heavy (non-hydrogen) atoms. The first kappa shape index (κ1) is 33.6. The van der Waals surface area contributed by atoms with E-state index in [-0.39, 0.29) is 5.84 Å². The molecule has 2 nitrogen and oxygen atoms in total. The van der Waals surface area contributed by atoms with E-state index in [1.54, 1.807) is 6.08 Å². The second-order valence-corrected chi connectivity index (χ2v) is 11.3. The van der Waals surface area contributed by atoms with E-state index >= 15 is 0 Å². The van der Waals surface area contributed by atoms with Gasteiger partial charge in [0.15, 0.2) is 5.84 Å². The van der Waals surface area contributed by atoms with Gasteiger partial charge in [-0.2, -0.15) is 0 Å². The summed E-state index contributed by atoms with van der Waals surface area (Å²) < 4.78 is 0. The zero-order chi connectivity index (χ0) is 33.1. The molecular formula is C44H44N2. The van der Waals surface area contributed by atoms with Crippen LogP contribution in [-0.2, 0) is 0 Å². The Morgan fingerprint density at radius 2 is 1.37 bits per heavy atom. The number of aliphatic imine (C=N–C) groups is 1. The predicted molar refractivity (Wildman–Crippen MR) is 203 cm³/mol. The normalized spacial score (nSPS) is 12.8. The highest BCUT2D eigenvalue weighted by Gasteiger charge is 2.14. The van der Waals surface area contributed by atoms with Crippen molar-refractivity contribution >= 4 is 34.3 Å². The Labute approximate surface area is 275 Å². The summed E-state index contributed by atoms with van der Waals surface area (Å²) in [4.78, 5) is 4.82. The molecule has 0 aliphatic heterocycles. The fraction of sp³-hybridized carbons (Fsp3) is 0.136. The highest BCUT2D eigenvalue weighted by molar-refractivity contribution is 6.27. The van der Waals surface area contributed by atoms with Crippen LogP contribution >= 0.6 is 0 Å². The molecule has 4 aromatic rings. The maximum atomic E-state index is 8.96. The van der Waals surface area contributed by atoms with Gasteiger partial charge >= 0.3 is 0 Å². The van der Waals surface area contributed by atoms with Crippen LogP contribution < -0.4 is 0 Å². The van der Waals surface area contributed by atoms with Crippen molar-refractivity contribution in [2.24, 2.45) is 4.99 Å². The summed E-state index contributed by atoms with van der Waals surface area (Å²) in [6, 6.07) is 33.1. The summed E-state index contributed by atoms with van der Waals surface area (Å²) in [7, 11) is 0. The Kier molecular flexibility index (Phi) is 11.7. The first-order valence-electron chi connectivity index (χ1n) is 15.8. The van der Waals surface area contributed by atoms with Gasteiger partial charge in [-0.3, -0.25) is 5.41 Å². The summed E-state index contributed by atoms with van der Waals surface area (Å²) in [5.74, 6) is 0.224. The number of nitrogens with one attached hydrogen (secondary N) is 1. The standard InChI is InChI=1S/C44H44N2/c1-8-11-18-36-27-28-41(33(6)32(36)5)43(29-31(4)9-2)39-23-25-40(26-24-39)44(45)46-34(7)42(38-21-16-13-17-22-38)30-35(10-3)37-19-14-12-15-20-37/h8,10-30,45H,1,4,9H2,2-3,5-7H3/b18-11-,35-10+,42-30+,43-29-,45-44?,46-34?. The van der Waals surface area contributed by atoms with Gasteiger partial charge in [-0.05, 0) is 90.3 Å². The molecule has 0 radical (unpaired) electrons. The fourth-order valence-corrected chi connectivity index (χ4v) is 5.34. The lowest BCUT2D eigenvalue weighted by Gasteiger charge is -2.16. The Morgan fingerprint density at radius 1 is 0.761 bits per heavy atom. The second-order valence-electron chi connectivity index (χ2n) is 11.3. The Bertz CT molecular complexity index is 1860. The van der Waals surface area contributed by atoms with Crippen LogP contribution in [0, 0.1) is 19.3 Å². The second kappa shape index (κ2) is 16.1. The van der Waals surface area contributed by atoms with Crippen molar-refractivity contribution < 1.29 is 0 Å². The van der Waals surface area contributed by atoms with Gasteiger partial charge in [0, 0.05) is 16.8 Å². The van der Waals surface area contributed by atoms with E-state index in [1.165, 1.54) is 22.3 Å². The molecular weight excluding hydrogens is 556 g/mol. The van der Waals surface area contributed by atoms with Gasteiger partial charge in [-0.15, -0.1) is 0 Å². The van der Waals surface area contributed by atoms with E-state index in [0.717, 1.165) is 56.7 Å². The van der Waals surface area contributed by atoms with E-state index in [4.69, 9.17) is 10.4 Å². The van der Waals surface area contributed by atoms with Gasteiger partial charge in [-0.1, -0.05) is 153 Å². The molecule has 4 rings (SSSR count). The zero-order valence-corrected chi connectivity index (χ0v) is 27.8. The highest BCUT2D eigenvalue weighted by atomic mass is 14.8. The molecule has 0 bridgehead atoms. The van der Waals surface area contributed by atoms with E-state index < -0.39 is 0 Å². The maximum absolute atomic E-state index is 8.96. The molecule has 0 saturated carbocycles. The minimum Gasteiger partial charge on any atom is -0.282 e. The van der Waals surface area contributed by atoms with E-state index in [1.807, 2.05) is 68.5 Å². The highest BCUT2D eigenvalue weighted by Crippen LogP contribution is 2.32. The van der Waals surface area contributed by atoms with Crippen molar-refractivity contribution in [3.05, 3.63) is 191 Å². The van der Waals surface area contributed by atoms with Crippen LogP contribution in [0.1, 0.15) is 71.7 Å². The summed E-state index contributed by atoms with van der Waals surface area (Å²) >= 11 is 0. The first-order chi connectivity index (χ1) is 22.3. The summed E-state index contributed by atoms with van der Waals surface area (Å²) in [5, 5.41) is 8.96. The topological polar surface area (TPSA) is 36.2 Å². The number of allylic oxidation sites excluding steroid dienone is 8. The molecule has 0 aromatic heterocycles. The molecule has 0 aliphatic rings. The molecule has 2 heteroatoms. The molecule has 1 N–H and O–H groups in total. The molecule has 0 saturated heterocycles. The molecule has 0 heterocycles. The average molecular weight is 601 g/mol. The maximum Gasteiger partial charge on any atom is 0.152 e. The molecule has 230 valence electrons. The van der Waals surface area contributed by atoms with Crippen LogP contribution in [0.3, 0.4) is 0 Å². The zero-order valence-electron chi connectivity index (χ0n) is 27.8. The van der Waals surface area contributed by atoms with Gasteiger partial charge in [0.25, 0.3) is 0 Å². The lowest BCUT2D eigenvalue weighted by Crippen LogP contribution is -2.04. The minimum absolute atomic E-state index is 0.224. The number of rotatable bonds is 11. The van der Waals surface area contributed by atoms with Gasteiger partial charge < -0.3 is 0 Å². The molecule has 0 fully saturated rings. The van der Waals surface area contributed by atoms with Crippen molar-refractivity contribution in [1.82, 2.24) is 0 Å². The molecule has 0 amide bonds. The van der Waals surface area contributed by atoms with Crippen LogP contribution in [0.15, 0.2) is 151 Å². The monoisotopic (exact) mass is 600 g/mol. The quantitative estimate of drug-likeness (QED) is 0.101. The number of benzene rings is 4. The van der Waals surface area contributed by atoms with Crippen LogP contribution in [0.25, 0.3) is 22.8 Å². The van der Waals surface area contributed by atoms with Crippen LogP contribution in [0.5, 0.6) is 0 Å². The van der Waals surface area contributed by atoms with Crippen molar-refractivity contribution in [2.75, 3.05) is 0 Å². The fourth-order valence-electron chi connectivity index (χ4n) is 5.34. The van der Waals surface area contributed by atoms with Gasteiger partial charge in [0.1, 0.15) is 0 Å². The number of hydrogen-bond donors (Lipinski definition) is 1. The van der Waals surface area contributed by atoms with Crippen LogP contribution in [0.2, 0.25) is 0 Å². The summed E-state index contributed by atoms with van der Waals surface area (Å²) in [6.45, 7) is 18.6. The van der Waals surface area contributed by atoms with E-state index in [9.17, 15) is 0 Å². The van der Waals surface area contributed by atoms with Gasteiger partial charge in [0.05, 0.1) is 0 Å². The third-order valence-electron chi connectivity index (χ3n) is 8.28. The van der Waals surface area contributed by atoms with Crippen LogP contribution in [0.4, 0.5) is 0 Å². The SMILES string of the molecule is C=C/C=C\c1ccc(/C(=C\C(=C)CC)c2ccc(C(=N)N=C(C)/C(=C\C(=C/C)c3ccccc3)c3ccccc3)cc2)c(C)c1C. The molecule has 0 spiro atoms. The van der Waals surface area contributed by atoms with Crippen molar-refractivity contribution in [1.29, 1.82) is 5.41 Å². The smallest absolute Gasteiger partial charge is 0.152 e. The number of hydrogen-bond acceptors (Lipinski definition) is 1. The number of amidine groups is 1. The van der Waals surface area contributed by atoms with Gasteiger partial charge in [-0.25, -0.2) is 4.99 Å². The lowest BCUT2D eigenvalue weighted by molar-refractivity contribution is 1.16. The van der Waals surface area contributed by atoms with Crippen LogP contribution in [-0.4, -0.2) is 11.5 Å². The average Bonchev–Trinajstić information content (AvgIpc) is 3.09. The summed E-state index contributed by atoms with van der Waals surface area (Å²) in [6.07, 6.45) is 13.2. The van der Waals surface area contributed by atoms with Crippen molar-refractivity contribution in [3.8, 4) is 0 Å².